The highest BCUT2D eigenvalue weighted by Gasteiger charge is 2.48. The van der Waals surface area contributed by atoms with Gasteiger partial charge in [0.15, 0.2) is 6.10 Å². The molecule has 0 aliphatic carbocycles. The average Bonchev–Trinajstić information content (AvgIpc) is 3.21. The third-order valence-electron chi connectivity index (χ3n) is 4.38. The van der Waals surface area contributed by atoms with E-state index in [-0.39, 0.29) is 18.2 Å². The van der Waals surface area contributed by atoms with Crippen molar-refractivity contribution in [2.75, 3.05) is 18.5 Å². The summed E-state index contributed by atoms with van der Waals surface area (Å²) in [5.41, 5.74) is 6.49. The molecule has 3 N–H and O–H groups in total. The van der Waals surface area contributed by atoms with Crippen LogP contribution in [0.15, 0.2) is 54.6 Å². The molecule has 7 nitrogen and oxygen atoms in total. The zero-order chi connectivity index (χ0) is 17.9. The third-order valence-corrected chi connectivity index (χ3v) is 4.38. The SMILES string of the molecule is N[C@H]1CO[C@H]2[C@H]1OC[C@@H]2OC(=O)Nc1ccc(Oc2ccccc2)cc1. The molecule has 4 atom stereocenters. The van der Waals surface area contributed by atoms with Crippen LogP contribution in [0, 0.1) is 0 Å². The molecule has 2 aromatic carbocycles. The van der Waals surface area contributed by atoms with Crippen LogP contribution in [0.5, 0.6) is 11.5 Å². The van der Waals surface area contributed by atoms with E-state index in [2.05, 4.69) is 5.32 Å². The van der Waals surface area contributed by atoms with E-state index in [1.165, 1.54) is 0 Å². The van der Waals surface area contributed by atoms with Gasteiger partial charge in [-0.1, -0.05) is 18.2 Å². The summed E-state index contributed by atoms with van der Waals surface area (Å²) in [6.45, 7) is 0.708. The van der Waals surface area contributed by atoms with Crippen molar-refractivity contribution in [3.8, 4) is 11.5 Å². The maximum absolute atomic E-state index is 12.1. The number of hydrogen-bond acceptors (Lipinski definition) is 6. The van der Waals surface area contributed by atoms with Crippen LogP contribution in [-0.4, -0.2) is 43.7 Å². The van der Waals surface area contributed by atoms with Gasteiger partial charge in [-0.15, -0.1) is 0 Å². The molecule has 0 spiro atoms. The summed E-state index contributed by atoms with van der Waals surface area (Å²) >= 11 is 0. The number of nitrogens with two attached hydrogens (primary N) is 1. The topological polar surface area (TPSA) is 92.0 Å². The number of carbonyl (C=O) groups is 1. The summed E-state index contributed by atoms with van der Waals surface area (Å²) in [5, 5.41) is 2.69. The van der Waals surface area contributed by atoms with Crippen molar-refractivity contribution >= 4 is 11.8 Å². The summed E-state index contributed by atoms with van der Waals surface area (Å²) in [5.74, 6) is 1.42. The van der Waals surface area contributed by atoms with Crippen LogP contribution in [0.2, 0.25) is 0 Å². The van der Waals surface area contributed by atoms with Crippen molar-refractivity contribution in [2.45, 2.75) is 24.4 Å². The molecule has 2 saturated heterocycles. The van der Waals surface area contributed by atoms with E-state index < -0.39 is 12.2 Å². The number of anilines is 1. The van der Waals surface area contributed by atoms with E-state index >= 15 is 0 Å². The second-order valence-electron chi connectivity index (χ2n) is 6.27. The fourth-order valence-electron chi connectivity index (χ4n) is 3.11. The second-order valence-corrected chi connectivity index (χ2v) is 6.27. The van der Waals surface area contributed by atoms with Gasteiger partial charge >= 0.3 is 6.09 Å². The monoisotopic (exact) mass is 356 g/mol. The van der Waals surface area contributed by atoms with Gasteiger partial charge in [-0.25, -0.2) is 4.79 Å². The molecule has 0 aromatic heterocycles. The Bertz CT molecular complexity index is 752. The number of amides is 1. The van der Waals surface area contributed by atoms with Crippen LogP contribution in [0.3, 0.4) is 0 Å². The molecule has 4 rings (SSSR count). The van der Waals surface area contributed by atoms with E-state index in [0.29, 0.717) is 24.7 Å². The standard InChI is InChI=1S/C19H20N2O5/c20-15-10-23-18-16(11-24-17(15)18)26-19(22)21-12-6-8-14(9-7-12)25-13-4-2-1-3-5-13/h1-9,15-18H,10-11,20H2,(H,21,22)/t15-,16-,17-,18+/m0/s1. The van der Waals surface area contributed by atoms with Gasteiger partial charge < -0.3 is 24.7 Å². The van der Waals surface area contributed by atoms with E-state index in [9.17, 15) is 4.79 Å². The lowest BCUT2D eigenvalue weighted by Gasteiger charge is -2.17. The largest absolute Gasteiger partial charge is 0.457 e. The number of carbonyl (C=O) groups excluding carboxylic acids is 1. The molecule has 0 saturated carbocycles. The van der Waals surface area contributed by atoms with Gasteiger partial charge in [0.1, 0.15) is 23.7 Å². The molecule has 2 aliphatic heterocycles. The summed E-state index contributed by atoms with van der Waals surface area (Å²) < 4.78 is 22.2. The predicted octanol–water partition coefficient (Wildman–Crippen LogP) is 2.52. The molecule has 2 fully saturated rings. The minimum atomic E-state index is -0.556. The predicted molar refractivity (Wildman–Crippen MR) is 94.3 cm³/mol. The molecule has 2 aliphatic rings. The number of nitrogens with one attached hydrogen (secondary N) is 1. The Kier molecular flexibility index (Phi) is 4.75. The lowest BCUT2D eigenvalue weighted by molar-refractivity contribution is 0.00899. The molecule has 2 heterocycles. The Hall–Kier alpha value is -2.61. The highest BCUT2D eigenvalue weighted by atomic mass is 16.6. The zero-order valence-corrected chi connectivity index (χ0v) is 14.0. The van der Waals surface area contributed by atoms with Crippen LogP contribution in [0.1, 0.15) is 0 Å². The van der Waals surface area contributed by atoms with Crippen LogP contribution in [-0.2, 0) is 14.2 Å². The molecule has 1 amide bonds. The minimum Gasteiger partial charge on any atom is -0.457 e. The molecular weight excluding hydrogens is 336 g/mol. The van der Waals surface area contributed by atoms with Crippen molar-refractivity contribution in [1.29, 1.82) is 0 Å². The van der Waals surface area contributed by atoms with E-state index in [1.54, 1.807) is 24.3 Å². The van der Waals surface area contributed by atoms with Gasteiger partial charge in [-0.05, 0) is 36.4 Å². The Morgan fingerprint density at radius 1 is 0.962 bits per heavy atom. The van der Waals surface area contributed by atoms with E-state index in [0.717, 1.165) is 5.75 Å². The van der Waals surface area contributed by atoms with Gasteiger partial charge in [-0.3, -0.25) is 5.32 Å². The van der Waals surface area contributed by atoms with Gasteiger partial charge in [0.05, 0.1) is 19.3 Å². The van der Waals surface area contributed by atoms with Gasteiger partial charge in [0.2, 0.25) is 0 Å². The Morgan fingerprint density at radius 3 is 2.42 bits per heavy atom. The maximum Gasteiger partial charge on any atom is 0.412 e. The second kappa shape index (κ2) is 7.33. The van der Waals surface area contributed by atoms with Crippen molar-refractivity contribution in [3.05, 3.63) is 54.6 Å². The fourth-order valence-corrected chi connectivity index (χ4v) is 3.11. The lowest BCUT2D eigenvalue weighted by Crippen LogP contribution is -2.38. The Morgan fingerprint density at radius 2 is 1.65 bits per heavy atom. The molecule has 0 unspecified atom stereocenters. The van der Waals surface area contributed by atoms with E-state index in [4.69, 9.17) is 24.7 Å². The van der Waals surface area contributed by atoms with Crippen LogP contribution in [0.25, 0.3) is 0 Å². The minimum absolute atomic E-state index is 0.172. The van der Waals surface area contributed by atoms with Gasteiger partial charge in [0.25, 0.3) is 0 Å². The highest BCUT2D eigenvalue weighted by molar-refractivity contribution is 5.84. The summed E-state index contributed by atoms with van der Waals surface area (Å²) in [6, 6.07) is 16.3. The van der Waals surface area contributed by atoms with Crippen LogP contribution in [0.4, 0.5) is 10.5 Å². The summed E-state index contributed by atoms with van der Waals surface area (Å²) in [6.07, 6.45) is -1.51. The fraction of sp³-hybridized carbons (Fsp3) is 0.316. The van der Waals surface area contributed by atoms with Crippen molar-refractivity contribution < 1.29 is 23.7 Å². The molecule has 0 bridgehead atoms. The average molecular weight is 356 g/mol. The lowest BCUT2D eigenvalue weighted by atomic mass is 10.1. The number of rotatable bonds is 4. The first kappa shape index (κ1) is 16.8. The molecule has 2 aromatic rings. The van der Waals surface area contributed by atoms with Crippen LogP contribution < -0.4 is 15.8 Å². The quantitative estimate of drug-likeness (QED) is 0.875. The summed E-state index contributed by atoms with van der Waals surface area (Å²) in [4.78, 5) is 12.1. The molecule has 0 radical (unpaired) electrons. The van der Waals surface area contributed by atoms with Gasteiger partial charge in [0, 0.05) is 5.69 Å². The number of hydrogen-bond donors (Lipinski definition) is 2. The number of fused-ring (bicyclic) bond motifs is 1. The van der Waals surface area contributed by atoms with Crippen molar-refractivity contribution in [2.24, 2.45) is 5.73 Å². The summed E-state index contributed by atoms with van der Waals surface area (Å²) in [7, 11) is 0. The molecular formula is C19H20N2O5. The zero-order valence-electron chi connectivity index (χ0n) is 14.0. The number of ether oxygens (including phenoxy) is 4. The Labute approximate surface area is 151 Å². The third kappa shape index (κ3) is 3.65. The van der Waals surface area contributed by atoms with Gasteiger partial charge in [-0.2, -0.15) is 0 Å². The van der Waals surface area contributed by atoms with Crippen molar-refractivity contribution in [1.82, 2.24) is 0 Å². The molecule has 26 heavy (non-hydrogen) atoms. The van der Waals surface area contributed by atoms with Crippen molar-refractivity contribution in [3.63, 3.8) is 0 Å². The normalized spacial score (nSPS) is 27.0. The first-order chi connectivity index (χ1) is 12.7. The van der Waals surface area contributed by atoms with E-state index in [1.807, 2.05) is 30.3 Å². The molecule has 7 heteroatoms. The van der Waals surface area contributed by atoms with Crippen LogP contribution >= 0.6 is 0 Å². The smallest absolute Gasteiger partial charge is 0.412 e. The highest BCUT2D eigenvalue weighted by Crippen LogP contribution is 2.28. The maximum atomic E-state index is 12.1. The number of benzene rings is 2. The first-order valence-electron chi connectivity index (χ1n) is 8.48. The molecule has 136 valence electrons. The number of para-hydroxylation sites is 1. The first-order valence-corrected chi connectivity index (χ1v) is 8.48. The Balaban J connectivity index is 1.30.